The summed E-state index contributed by atoms with van der Waals surface area (Å²) in [5.41, 5.74) is -0.917. The van der Waals surface area contributed by atoms with Crippen LogP contribution in [0.1, 0.15) is 49.0 Å². The summed E-state index contributed by atoms with van der Waals surface area (Å²) in [5, 5.41) is 18.8. The third kappa shape index (κ3) is 1.76. The van der Waals surface area contributed by atoms with Crippen LogP contribution in [0.5, 0.6) is 0 Å². The van der Waals surface area contributed by atoms with E-state index in [1.165, 1.54) is 30.6 Å². The van der Waals surface area contributed by atoms with Gasteiger partial charge in [-0.1, -0.05) is 6.42 Å². The Kier molecular flexibility index (Phi) is 2.50. The van der Waals surface area contributed by atoms with Gasteiger partial charge in [0.1, 0.15) is 15.4 Å². The lowest BCUT2D eigenvalue weighted by molar-refractivity contribution is -0.142. The Balaban J connectivity index is 2.22. The highest BCUT2D eigenvalue weighted by Gasteiger charge is 2.35. The molecule has 82 valence electrons. The molecule has 0 spiro atoms. The van der Waals surface area contributed by atoms with Crippen LogP contribution in [-0.2, 0) is 10.2 Å². The summed E-state index contributed by atoms with van der Waals surface area (Å²) < 4.78 is 0. The van der Waals surface area contributed by atoms with Crippen LogP contribution < -0.4 is 0 Å². The molecule has 1 heterocycles. The van der Waals surface area contributed by atoms with Crippen LogP contribution in [0.3, 0.4) is 0 Å². The lowest BCUT2D eigenvalue weighted by atomic mass is 9.86. The van der Waals surface area contributed by atoms with Crippen LogP contribution in [0, 0.1) is 0 Å². The molecule has 1 aromatic heterocycles. The molecule has 1 N–H and O–H groups in total. The third-order valence-electron chi connectivity index (χ3n) is 2.96. The Morgan fingerprint density at radius 3 is 2.60 bits per heavy atom. The van der Waals surface area contributed by atoms with E-state index in [2.05, 4.69) is 10.2 Å². The maximum atomic E-state index is 11.0. The van der Waals surface area contributed by atoms with E-state index in [0.29, 0.717) is 10.9 Å². The molecular formula is C10H14N2O2S. The van der Waals surface area contributed by atoms with Crippen LogP contribution in [-0.4, -0.2) is 21.3 Å². The minimum Gasteiger partial charge on any atom is -0.481 e. The van der Waals surface area contributed by atoms with E-state index < -0.39 is 11.4 Å². The van der Waals surface area contributed by atoms with Crippen molar-refractivity contribution in [2.75, 3.05) is 0 Å². The van der Waals surface area contributed by atoms with Gasteiger partial charge in [0, 0.05) is 5.92 Å². The van der Waals surface area contributed by atoms with Crippen LogP contribution in [0.4, 0.5) is 0 Å². The fourth-order valence-corrected chi connectivity index (χ4v) is 2.51. The molecule has 0 radical (unpaired) electrons. The Hall–Kier alpha value is -0.970. The summed E-state index contributed by atoms with van der Waals surface area (Å²) in [5.74, 6) is -0.320. The van der Waals surface area contributed by atoms with Crippen molar-refractivity contribution in [3.05, 3.63) is 10.0 Å². The molecule has 0 unspecified atom stereocenters. The van der Waals surface area contributed by atoms with Crippen LogP contribution in [0.2, 0.25) is 0 Å². The standard InChI is InChI=1S/C10H14N2O2S/c1-10(2,9(13)14)8-12-11-7(15-8)6-4-3-5-6/h6H,3-5H2,1-2H3,(H,13,14). The number of rotatable bonds is 3. The van der Waals surface area contributed by atoms with E-state index in [0.717, 1.165) is 5.01 Å². The van der Waals surface area contributed by atoms with Crippen LogP contribution in [0.15, 0.2) is 0 Å². The molecular weight excluding hydrogens is 212 g/mol. The quantitative estimate of drug-likeness (QED) is 0.858. The zero-order valence-corrected chi connectivity index (χ0v) is 9.67. The smallest absolute Gasteiger partial charge is 0.316 e. The molecule has 0 atom stereocenters. The first-order valence-electron chi connectivity index (χ1n) is 5.09. The van der Waals surface area contributed by atoms with Gasteiger partial charge in [-0.2, -0.15) is 0 Å². The van der Waals surface area contributed by atoms with Crippen molar-refractivity contribution in [1.29, 1.82) is 0 Å². The average Bonchev–Trinajstić information content (AvgIpc) is 2.50. The van der Waals surface area contributed by atoms with E-state index in [1.807, 2.05) is 0 Å². The van der Waals surface area contributed by atoms with E-state index in [1.54, 1.807) is 13.8 Å². The van der Waals surface area contributed by atoms with Gasteiger partial charge in [0.15, 0.2) is 0 Å². The van der Waals surface area contributed by atoms with Gasteiger partial charge in [0.05, 0.1) is 0 Å². The van der Waals surface area contributed by atoms with Crippen molar-refractivity contribution in [3.63, 3.8) is 0 Å². The highest BCUT2D eigenvalue weighted by molar-refractivity contribution is 7.11. The van der Waals surface area contributed by atoms with Crippen LogP contribution >= 0.6 is 11.3 Å². The van der Waals surface area contributed by atoms with Gasteiger partial charge in [-0.3, -0.25) is 4.79 Å². The SMILES string of the molecule is CC(C)(C(=O)O)c1nnc(C2CCC2)s1. The van der Waals surface area contributed by atoms with Crippen LogP contribution in [0.25, 0.3) is 0 Å². The summed E-state index contributed by atoms with van der Waals surface area (Å²) in [4.78, 5) is 11.0. The summed E-state index contributed by atoms with van der Waals surface area (Å²) in [6.07, 6.45) is 3.59. The third-order valence-corrected chi connectivity index (χ3v) is 4.37. The van der Waals surface area contributed by atoms with E-state index in [-0.39, 0.29) is 0 Å². The molecule has 5 heteroatoms. The molecule has 2 rings (SSSR count). The van der Waals surface area contributed by atoms with Crippen molar-refractivity contribution in [1.82, 2.24) is 10.2 Å². The minimum atomic E-state index is -0.917. The Labute approximate surface area is 92.3 Å². The van der Waals surface area contributed by atoms with Gasteiger partial charge >= 0.3 is 5.97 Å². The first-order chi connectivity index (χ1) is 7.01. The molecule has 0 aliphatic heterocycles. The molecule has 1 saturated carbocycles. The molecule has 15 heavy (non-hydrogen) atoms. The van der Waals surface area contributed by atoms with Crippen molar-refractivity contribution < 1.29 is 9.90 Å². The molecule has 0 bridgehead atoms. The maximum Gasteiger partial charge on any atom is 0.316 e. The number of nitrogens with zero attached hydrogens (tertiary/aromatic N) is 2. The Morgan fingerprint density at radius 2 is 2.13 bits per heavy atom. The van der Waals surface area contributed by atoms with E-state index in [4.69, 9.17) is 5.11 Å². The van der Waals surface area contributed by atoms with Gasteiger partial charge in [-0.05, 0) is 26.7 Å². The molecule has 1 aliphatic rings. The fourth-order valence-electron chi connectivity index (χ4n) is 1.40. The second-order valence-electron chi connectivity index (χ2n) is 4.50. The maximum absolute atomic E-state index is 11.0. The number of aliphatic carboxylic acids is 1. The van der Waals surface area contributed by atoms with Gasteiger partial charge < -0.3 is 5.11 Å². The predicted molar refractivity (Wildman–Crippen MR) is 57.2 cm³/mol. The van der Waals surface area contributed by atoms with Crippen molar-refractivity contribution in [2.45, 2.75) is 44.4 Å². The monoisotopic (exact) mass is 226 g/mol. The summed E-state index contributed by atoms with van der Waals surface area (Å²) >= 11 is 1.45. The molecule has 1 fully saturated rings. The second-order valence-corrected chi connectivity index (χ2v) is 5.51. The fraction of sp³-hybridized carbons (Fsp3) is 0.700. The first kappa shape index (κ1) is 10.5. The van der Waals surface area contributed by atoms with Gasteiger partial charge in [0.25, 0.3) is 0 Å². The molecule has 0 saturated heterocycles. The number of hydrogen-bond donors (Lipinski definition) is 1. The van der Waals surface area contributed by atoms with Crippen molar-refractivity contribution in [2.24, 2.45) is 0 Å². The number of carbonyl (C=O) groups is 1. The zero-order valence-electron chi connectivity index (χ0n) is 8.86. The van der Waals surface area contributed by atoms with E-state index >= 15 is 0 Å². The number of aromatic nitrogens is 2. The predicted octanol–water partition coefficient (Wildman–Crippen LogP) is 2.17. The lowest BCUT2D eigenvalue weighted by Crippen LogP contribution is -2.28. The van der Waals surface area contributed by atoms with Gasteiger partial charge in [0.2, 0.25) is 0 Å². The topological polar surface area (TPSA) is 63.1 Å². The van der Waals surface area contributed by atoms with E-state index in [9.17, 15) is 4.79 Å². The largest absolute Gasteiger partial charge is 0.481 e. The minimum absolute atomic E-state index is 0.529. The lowest BCUT2D eigenvalue weighted by Gasteiger charge is -2.22. The average molecular weight is 226 g/mol. The highest BCUT2D eigenvalue weighted by Crippen LogP contribution is 2.39. The normalized spacial score (nSPS) is 17.5. The number of hydrogen-bond acceptors (Lipinski definition) is 4. The highest BCUT2D eigenvalue weighted by atomic mass is 32.1. The summed E-state index contributed by atoms with van der Waals surface area (Å²) in [6.45, 7) is 3.33. The molecule has 0 aromatic carbocycles. The number of carboxylic acids is 1. The number of carboxylic acid groups (broad SMARTS) is 1. The van der Waals surface area contributed by atoms with Gasteiger partial charge in [-0.15, -0.1) is 21.5 Å². The van der Waals surface area contributed by atoms with Gasteiger partial charge in [-0.25, -0.2) is 0 Å². The Morgan fingerprint density at radius 1 is 1.47 bits per heavy atom. The molecule has 1 aliphatic carbocycles. The van der Waals surface area contributed by atoms with Crippen molar-refractivity contribution in [3.8, 4) is 0 Å². The second kappa shape index (κ2) is 3.56. The van der Waals surface area contributed by atoms with Crippen molar-refractivity contribution >= 4 is 17.3 Å². The summed E-state index contributed by atoms with van der Waals surface area (Å²) in [6, 6.07) is 0. The first-order valence-corrected chi connectivity index (χ1v) is 5.90. The zero-order chi connectivity index (χ0) is 11.1. The Bertz CT molecular complexity index is 383. The molecule has 1 aromatic rings. The molecule has 4 nitrogen and oxygen atoms in total. The summed E-state index contributed by atoms with van der Waals surface area (Å²) in [7, 11) is 0. The molecule has 0 amide bonds.